The van der Waals surface area contributed by atoms with Gasteiger partial charge in [-0.3, -0.25) is 0 Å². The topological polar surface area (TPSA) is 27.7 Å². The fraction of sp³-hybridized carbons (Fsp3) is 0.684. The number of hydrogen-bond acceptors (Lipinski definition) is 3. The average Bonchev–Trinajstić information content (AvgIpc) is 2.71. The Balaban J connectivity index is 2.51. The summed E-state index contributed by atoms with van der Waals surface area (Å²) in [6.45, 7) is 8.36. The summed E-state index contributed by atoms with van der Waals surface area (Å²) in [6, 6.07) is 0. The Hall–Kier alpha value is -1.38. The van der Waals surface area contributed by atoms with Gasteiger partial charge in [-0.05, 0) is 64.2 Å². The van der Waals surface area contributed by atoms with Crippen LogP contribution in [0.15, 0.2) is 37.0 Å². The molecule has 1 rings (SSSR count). The molecule has 0 aromatic heterocycles. The molecule has 0 aliphatic heterocycles. The second-order valence-corrected chi connectivity index (χ2v) is 6.06. The third-order valence-electron chi connectivity index (χ3n) is 4.01. The van der Waals surface area contributed by atoms with E-state index in [0.29, 0.717) is 17.8 Å². The average molecular weight is 308 g/mol. The molecule has 0 aromatic rings. The van der Waals surface area contributed by atoms with Gasteiger partial charge in [-0.2, -0.15) is 0 Å². The van der Waals surface area contributed by atoms with Gasteiger partial charge in [0.2, 0.25) is 0 Å². The molecule has 1 aliphatic carbocycles. The van der Waals surface area contributed by atoms with E-state index < -0.39 is 0 Å². The minimum atomic E-state index is 0.581. The van der Waals surface area contributed by atoms with E-state index in [2.05, 4.69) is 0 Å². The van der Waals surface area contributed by atoms with E-state index in [-0.39, 0.29) is 0 Å². The second kappa shape index (κ2) is 12.2. The van der Waals surface area contributed by atoms with Crippen LogP contribution < -0.4 is 0 Å². The largest absolute Gasteiger partial charge is 0.501 e. The van der Waals surface area contributed by atoms with Gasteiger partial charge in [0.25, 0.3) is 0 Å². The Bertz CT molecular complexity index is 321. The van der Waals surface area contributed by atoms with Crippen LogP contribution in [0.5, 0.6) is 0 Å². The van der Waals surface area contributed by atoms with Crippen molar-refractivity contribution in [3.63, 3.8) is 0 Å². The van der Waals surface area contributed by atoms with Crippen molar-refractivity contribution in [3.05, 3.63) is 37.0 Å². The lowest BCUT2D eigenvalue weighted by molar-refractivity contribution is 0.129. The number of rotatable bonds is 9. The predicted octanol–water partition coefficient (Wildman–Crippen LogP) is 5.06. The molecule has 0 bridgehead atoms. The Morgan fingerprint density at radius 1 is 0.636 bits per heavy atom. The van der Waals surface area contributed by atoms with Gasteiger partial charge in [0.15, 0.2) is 0 Å². The zero-order valence-corrected chi connectivity index (χ0v) is 14.4. The molecular formula is C19H32O3. The first kappa shape index (κ1) is 18.7. The normalized spacial score (nSPS) is 26.6. The number of hydrogen-bond donors (Lipinski definition) is 0. The summed E-state index contributed by atoms with van der Waals surface area (Å²) >= 11 is 0. The van der Waals surface area contributed by atoms with Crippen molar-refractivity contribution in [2.24, 2.45) is 17.8 Å². The van der Waals surface area contributed by atoms with Crippen LogP contribution in [0.4, 0.5) is 0 Å². The Morgan fingerprint density at radius 2 is 1.00 bits per heavy atom. The summed E-state index contributed by atoms with van der Waals surface area (Å²) in [6.07, 6.45) is 16.0. The van der Waals surface area contributed by atoms with Crippen LogP contribution >= 0.6 is 0 Å². The molecule has 2 atom stereocenters. The molecule has 0 heterocycles. The monoisotopic (exact) mass is 308 g/mol. The summed E-state index contributed by atoms with van der Waals surface area (Å²) in [5.74, 6) is 1.81. The lowest BCUT2D eigenvalue weighted by Gasteiger charge is -2.20. The summed E-state index contributed by atoms with van der Waals surface area (Å²) < 4.78 is 16.9. The van der Waals surface area contributed by atoms with Crippen LogP contribution in [-0.2, 0) is 14.2 Å². The minimum Gasteiger partial charge on any atom is -0.501 e. The molecule has 3 nitrogen and oxygen atoms in total. The van der Waals surface area contributed by atoms with Gasteiger partial charge in [-0.1, -0.05) is 18.2 Å². The van der Waals surface area contributed by atoms with Crippen molar-refractivity contribution in [1.82, 2.24) is 0 Å². The molecule has 22 heavy (non-hydrogen) atoms. The van der Waals surface area contributed by atoms with E-state index in [0.717, 1.165) is 19.8 Å². The van der Waals surface area contributed by atoms with Gasteiger partial charge in [-0.25, -0.2) is 0 Å². The summed E-state index contributed by atoms with van der Waals surface area (Å²) in [5, 5.41) is 0. The fourth-order valence-corrected chi connectivity index (χ4v) is 3.05. The van der Waals surface area contributed by atoms with E-state index in [1.165, 1.54) is 25.7 Å². The van der Waals surface area contributed by atoms with Crippen molar-refractivity contribution in [2.75, 3.05) is 19.8 Å². The Labute approximate surface area is 136 Å². The van der Waals surface area contributed by atoms with Crippen LogP contribution in [0.1, 0.15) is 46.5 Å². The Morgan fingerprint density at radius 3 is 1.36 bits per heavy atom. The van der Waals surface area contributed by atoms with Crippen molar-refractivity contribution in [3.8, 4) is 0 Å². The van der Waals surface area contributed by atoms with Gasteiger partial charge < -0.3 is 14.2 Å². The van der Waals surface area contributed by atoms with Gasteiger partial charge in [0.05, 0.1) is 38.6 Å². The SMILES string of the molecule is CC=COCC1CCC(COC=CC)CC(COC=CC)C1. The zero-order valence-electron chi connectivity index (χ0n) is 14.4. The summed E-state index contributed by atoms with van der Waals surface area (Å²) in [4.78, 5) is 0. The van der Waals surface area contributed by atoms with Crippen LogP contribution in [0, 0.1) is 17.8 Å². The van der Waals surface area contributed by atoms with E-state index in [9.17, 15) is 0 Å². The highest BCUT2D eigenvalue weighted by molar-refractivity contribution is 4.79. The van der Waals surface area contributed by atoms with Crippen molar-refractivity contribution < 1.29 is 14.2 Å². The smallest absolute Gasteiger partial charge is 0.0901 e. The fourth-order valence-electron chi connectivity index (χ4n) is 3.05. The molecule has 1 saturated carbocycles. The first-order valence-electron chi connectivity index (χ1n) is 8.48. The molecule has 0 saturated heterocycles. The summed E-state index contributed by atoms with van der Waals surface area (Å²) in [5.41, 5.74) is 0. The molecule has 0 amide bonds. The molecule has 0 radical (unpaired) electrons. The van der Waals surface area contributed by atoms with Crippen LogP contribution in [0.2, 0.25) is 0 Å². The molecule has 0 spiro atoms. The highest BCUT2D eigenvalue weighted by Gasteiger charge is 2.26. The van der Waals surface area contributed by atoms with Gasteiger partial charge in [0.1, 0.15) is 0 Å². The maximum atomic E-state index is 5.64. The van der Waals surface area contributed by atoms with E-state index in [4.69, 9.17) is 14.2 Å². The third-order valence-corrected chi connectivity index (χ3v) is 4.01. The molecule has 1 fully saturated rings. The number of ether oxygens (including phenoxy) is 3. The van der Waals surface area contributed by atoms with E-state index in [1.807, 2.05) is 39.0 Å². The van der Waals surface area contributed by atoms with E-state index >= 15 is 0 Å². The van der Waals surface area contributed by atoms with Gasteiger partial charge >= 0.3 is 0 Å². The first-order valence-corrected chi connectivity index (χ1v) is 8.48. The van der Waals surface area contributed by atoms with Crippen molar-refractivity contribution in [1.29, 1.82) is 0 Å². The highest BCUT2D eigenvalue weighted by atomic mass is 16.5. The van der Waals surface area contributed by atoms with Crippen LogP contribution in [0.3, 0.4) is 0 Å². The molecule has 1 aliphatic rings. The van der Waals surface area contributed by atoms with Gasteiger partial charge in [-0.15, -0.1) is 0 Å². The van der Waals surface area contributed by atoms with Crippen molar-refractivity contribution >= 4 is 0 Å². The summed E-state index contributed by atoms with van der Waals surface area (Å²) in [7, 11) is 0. The lowest BCUT2D eigenvalue weighted by atomic mass is 9.93. The maximum Gasteiger partial charge on any atom is 0.0901 e. The molecular weight excluding hydrogens is 276 g/mol. The van der Waals surface area contributed by atoms with E-state index in [1.54, 1.807) is 18.8 Å². The molecule has 0 aromatic carbocycles. The molecule has 3 heteroatoms. The first-order chi connectivity index (χ1) is 10.8. The highest BCUT2D eigenvalue weighted by Crippen LogP contribution is 2.32. The van der Waals surface area contributed by atoms with Crippen LogP contribution in [-0.4, -0.2) is 19.8 Å². The Kier molecular flexibility index (Phi) is 10.3. The van der Waals surface area contributed by atoms with Gasteiger partial charge in [0, 0.05) is 0 Å². The standard InChI is InChI=1S/C19H32O3/c1-4-9-20-14-17-7-8-18(15-21-10-5-2)13-19(12-17)16-22-11-6-3/h4-6,9-11,17-19H,7-8,12-16H2,1-3H3. The molecule has 2 unspecified atom stereocenters. The second-order valence-electron chi connectivity index (χ2n) is 6.06. The zero-order chi connectivity index (χ0) is 16.0. The van der Waals surface area contributed by atoms with Crippen LogP contribution in [0.25, 0.3) is 0 Å². The third kappa shape index (κ3) is 8.16. The number of allylic oxidation sites excluding steroid dienone is 3. The quantitative estimate of drug-likeness (QED) is 0.440. The predicted molar refractivity (Wildman–Crippen MR) is 91.2 cm³/mol. The molecule has 0 N–H and O–H groups in total. The lowest BCUT2D eigenvalue weighted by Crippen LogP contribution is -2.16. The molecule has 126 valence electrons. The maximum absolute atomic E-state index is 5.64. The van der Waals surface area contributed by atoms with Crippen molar-refractivity contribution in [2.45, 2.75) is 46.5 Å². The minimum absolute atomic E-state index is 0.581.